The van der Waals surface area contributed by atoms with Gasteiger partial charge in [0.1, 0.15) is 5.01 Å². The second-order valence-electron chi connectivity index (χ2n) is 5.20. The number of alkyl halides is 3. The molecule has 0 amide bonds. The van der Waals surface area contributed by atoms with Crippen LogP contribution in [0.2, 0.25) is 0 Å². The van der Waals surface area contributed by atoms with Crippen LogP contribution in [0.4, 0.5) is 13.2 Å². The summed E-state index contributed by atoms with van der Waals surface area (Å²) in [4.78, 5) is 7.77. The molecule has 24 heavy (non-hydrogen) atoms. The standard InChI is InChI=1S/C13H19F3N4OS2.HI/c1-2-17-11(19-7-12(21)3-4-22-8-12)18-5-10-20-9(6-23-10)13(14,15)16;/h6,21H,2-5,7-8H2,1H3,(H2,17,18,19);1H. The maximum Gasteiger partial charge on any atom is 0.434 e. The van der Waals surface area contributed by atoms with E-state index in [-0.39, 0.29) is 30.5 Å². The van der Waals surface area contributed by atoms with Crippen molar-refractivity contribution in [2.45, 2.75) is 31.7 Å². The van der Waals surface area contributed by atoms with Gasteiger partial charge in [-0.3, -0.25) is 0 Å². The van der Waals surface area contributed by atoms with E-state index in [1.807, 2.05) is 6.92 Å². The molecule has 3 N–H and O–H groups in total. The van der Waals surface area contributed by atoms with Crippen LogP contribution < -0.4 is 10.6 Å². The molecule has 0 radical (unpaired) electrons. The number of thioether (sulfide) groups is 1. The average Bonchev–Trinajstić information content (AvgIpc) is 3.11. The second kappa shape index (κ2) is 9.43. The average molecular weight is 496 g/mol. The van der Waals surface area contributed by atoms with Crippen LogP contribution in [0.3, 0.4) is 0 Å². The van der Waals surface area contributed by atoms with Crippen molar-refractivity contribution >= 4 is 53.0 Å². The van der Waals surface area contributed by atoms with Crippen molar-refractivity contribution in [2.24, 2.45) is 4.99 Å². The van der Waals surface area contributed by atoms with E-state index in [0.29, 0.717) is 36.2 Å². The lowest BCUT2D eigenvalue weighted by molar-refractivity contribution is -0.140. The number of aliphatic imine (C=N–C) groups is 1. The second-order valence-corrected chi connectivity index (χ2v) is 7.25. The molecule has 138 valence electrons. The van der Waals surface area contributed by atoms with Gasteiger partial charge in [0, 0.05) is 24.2 Å². The van der Waals surface area contributed by atoms with Crippen molar-refractivity contribution < 1.29 is 18.3 Å². The molecule has 5 nitrogen and oxygen atoms in total. The summed E-state index contributed by atoms with van der Waals surface area (Å²) in [6, 6.07) is 0. The van der Waals surface area contributed by atoms with Gasteiger partial charge in [0.05, 0.1) is 12.1 Å². The molecule has 1 aliphatic heterocycles. The van der Waals surface area contributed by atoms with Gasteiger partial charge in [0.2, 0.25) is 0 Å². The maximum absolute atomic E-state index is 12.5. The highest BCUT2D eigenvalue weighted by Gasteiger charge is 2.34. The molecule has 0 saturated carbocycles. The molecular formula is C13H20F3IN4OS2. The SMILES string of the molecule is CCNC(=NCc1nc(C(F)(F)F)cs1)NCC1(O)CCSC1.I. The van der Waals surface area contributed by atoms with E-state index in [0.717, 1.165) is 22.5 Å². The predicted octanol–water partition coefficient (Wildman–Crippen LogP) is 2.70. The maximum atomic E-state index is 12.5. The number of halogens is 4. The van der Waals surface area contributed by atoms with Gasteiger partial charge in [-0.15, -0.1) is 35.3 Å². The molecule has 0 spiro atoms. The third kappa shape index (κ3) is 6.56. The van der Waals surface area contributed by atoms with Crippen molar-refractivity contribution in [3.05, 3.63) is 16.1 Å². The Morgan fingerprint density at radius 3 is 2.75 bits per heavy atom. The first-order valence-electron chi connectivity index (χ1n) is 7.16. The molecule has 1 aromatic rings. The molecule has 11 heteroatoms. The molecule has 0 bridgehead atoms. The van der Waals surface area contributed by atoms with Crippen molar-refractivity contribution in [1.29, 1.82) is 0 Å². The van der Waals surface area contributed by atoms with Crippen LogP contribution >= 0.6 is 47.1 Å². The fraction of sp³-hybridized carbons (Fsp3) is 0.692. The van der Waals surface area contributed by atoms with Gasteiger partial charge in [-0.1, -0.05) is 0 Å². The van der Waals surface area contributed by atoms with Crippen LogP contribution in [0.5, 0.6) is 0 Å². The third-order valence-corrected chi connectivity index (χ3v) is 5.29. The van der Waals surface area contributed by atoms with Crippen LogP contribution in [0.1, 0.15) is 24.0 Å². The van der Waals surface area contributed by atoms with Crippen molar-refractivity contribution in [1.82, 2.24) is 15.6 Å². The van der Waals surface area contributed by atoms with E-state index in [9.17, 15) is 18.3 Å². The minimum absolute atomic E-state index is 0. The quantitative estimate of drug-likeness (QED) is 0.333. The Labute approximate surface area is 163 Å². The zero-order chi connectivity index (χ0) is 16.9. The number of guanidine groups is 1. The number of nitrogens with zero attached hydrogens (tertiary/aromatic N) is 2. The molecule has 0 aromatic carbocycles. The van der Waals surface area contributed by atoms with Crippen molar-refractivity contribution in [3.63, 3.8) is 0 Å². The number of thiazole rings is 1. The van der Waals surface area contributed by atoms with Crippen LogP contribution in [0, 0.1) is 0 Å². The molecular weight excluding hydrogens is 476 g/mol. The van der Waals surface area contributed by atoms with Crippen molar-refractivity contribution in [2.75, 3.05) is 24.6 Å². The summed E-state index contributed by atoms with van der Waals surface area (Å²) in [7, 11) is 0. The summed E-state index contributed by atoms with van der Waals surface area (Å²) in [5.41, 5.74) is -1.64. The number of nitrogens with one attached hydrogen (secondary N) is 2. The van der Waals surface area contributed by atoms with Gasteiger partial charge in [0.25, 0.3) is 0 Å². The lowest BCUT2D eigenvalue weighted by atomic mass is 10.0. The third-order valence-electron chi connectivity index (χ3n) is 3.23. The Bertz CT molecular complexity index is 548. The molecule has 1 fully saturated rings. The number of aliphatic hydroxyl groups is 1. The van der Waals surface area contributed by atoms with E-state index in [1.54, 1.807) is 11.8 Å². The Kier molecular flexibility index (Phi) is 8.56. The first kappa shape index (κ1) is 21.8. The summed E-state index contributed by atoms with van der Waals surface area (Å²) in [5.74, 6) is 2.05. The summed E-state index contributed by atoms with van der Waals surface area (Å²) in [6.07, 6.45) is -3.71. The molecule has 1 atom stereocenters. The van der Waals surface area contributed by atoms with Gasteiger partial charge < -0.3 is 15.7 Å². The number of aromatic nitrogens is 1. The van der Waals surface area contributed by atoms with E-state index in [2.05, 4.69) is 20.6 Å². The Hall–Kier alpha value is -0.270. The minimum Gasteiger partial charge on any atom is -0.387 e. The monoisotopic (exact) mass is 496 g/mol. The Balaban J connectivity index is 0.00000288. The van der Waals surface area contributed by atoms with E-state index >= 15 is 0 Å². The summed E-state index contributed by atoms with van der Waals surface area (Å²) in [5, 5.41) is 17.6. The highest BCUT2D eigenvalue weighted by Crippen LogP contribution is 2.30. The number of rotatable bonds is 5. The molecule has 0 aliphatic carbocycles. The first-order chi connectivity index (χ1) is 10.8. The molecule has 1 unspecified atom stereocenters. The minimum atomic E-state index is -4.43. The topological polar surface area (TPSA) is 69.5 Å². The number of hydrogen-bond acceptors (Lipinski definition) is 5. The van der Waals surface area contributed by atoms with Gasteiger partial charge in [-0.25, -0.2) is 9.98 Å². The molecule has 1 aromatic heterocycles. The van der Waals surface area contributed by atoms with Crippen molar-refractivity contribution in [3.8, 4) is 0 Å². The summed E-state index contributed by atoms with van der Waals surface area (Å²) in [6.45, 7) is 2.92. The largest absolute Gasteiger partial charge is 0.434 e. The lowest BCUT2D eigenvalue weighted by Crippen LogP contribution is -2.47. The molecule has 2 heterocycles. The van der Waals surface area contributed by atoms with Crippen LogP contribution in [-0.2, 0) is 12.7 Å². The van der Waals surface area contributed by atoms with E-state index in [1.165, 1.54) is 0 Å². The highest BCUT2D eigenvalue weighted by molar-refractivity contribution is 14.0. The Morgan fingerprint density at radius 2 is 2.21 bits per heavy atom. The molecule has 2 rings (SSSR count). The molecule has 1 aliphatic rings. The van der Waals surface area contributed by atoms with Crippen LogP contribution in [-0.4, -0.2) is 46.2 Å². The summed E-state index contributed by atoms with van der Waals surface area (Å²) < 4.78 is 37.5. The lowest BCUT2D eigenvalue weighted by Gasteiger charge is -2.23. The van der Waals surface area contributed by atoms with Gasteiger partial charge >= 0.3 is 6.18 Å². The highest BCUT2D eigenvalue weighted by atomic mass is 127. The summed E-state index contributed by atoms with van der Waals surface area (Å²) >= 11 is 2.63. The zero-order valence-corrected chi connectivity index (χ0v) is 17.0. The first-order valence-corrected chi connectivity index (χ1v) is 9.20. The van der Waals surface area contributed by atoms with Crippen LogP contribution in [0.15, 0.2) is 10.4 Å². The van der Waals surface area contributed by atoms with E-state index in [4.69, 9.17) is 0 Å². The number of hydrogen-bond donors (Lipinski definition) is 3. The van der Waals surface area contributed by atoms with E-state index < -0.39 is 17.5 Å². The smallest absolute Gasteiger partial charge is 0.387 e. The normalized spacial score (nSPS) is 21.5. The van der Waals surface area contributed by atoms with Gasteiger partial charge in [0.15, 0.2) is 11.7 Å². The molecule has 1 saturated heterocycles. The zero-order valence-electron chi connectivity index (χ0n) is 13.0. The predicted molar refractivity (Wildman–Crippen MR) is 102 cm³/mol. The Morgan fingerprint density at radius 1 is 1.46 bits per heavy atom. The fourth-order valence-corrected chi connectivity index (χ4v) is 4.01. The fourth-order valence-electron chi connectivity index (χ4n) is 1.99. The van der Waals surface area contributed by atoms with Crippen LogP contribution in [0.25, 0.3) is 0 Å². The van der Waals surface area contributed by atoms with Gasteiger partial charge in [-0.2, -0.15) is 24.9 Å². The van der Waals surface area contributed by atoms with Gasteiger partial charge in [-0.05, 0) is 19.1 Å².